The van der Waals surface area contributed by atoms with E-state index in [1.165, 1.54) is 5.54 Å². The lowest BCUT2D eigenvalue weighted by Crippen LogP contribution is -2.07. The minimum atomic E-state index is 0.421. The Bertz CT molecular complexity index is 339. The van der Waals surface area contributed by atoms with Crippen molar-refractivity contribution in [3.63, 3.8) is 0 Å². The molecule has 15 heavy (non-hydrogen) atoms. The zero-order valence-electron chi connectivity index (χ0n) is 8.47. The van der Waals surface area contributed by atoms with Gasteiger partial charge in [-0.2, -0.15) is 0 Å². The normalized spacial score (nSPS) is 10.9. The number of halogens is 2. The van der Waals surface area contributed by atoms with Crippen molar-refractivity contribution in [1.82, 2.24) is 5.32 Å². The zero-order chi connectivity index (χ0) is 11.1. The molecule has 82 valence electrons. The van der Waals surface area contributed by atoms with Gasteiger partial charge in [-0.3, -0.25) is 0 Å². The summed E-state index contributed by atoms with van der Waals surface area (Å²) >= 11 is 11.4. The molecule has 4 heteroatoms. The molecule has 0 saturated heterocycles. The van der Waals surface area contributed by atoms with Gasteiger partial charge in [0.1, 0.15) is 12.4 Å². The molecule has 0 fully saturated rings. The number of hydrogen-bond acceptors (Lipinski definition) is 2. The predicted molar refractivity (Wildman–Crippen MR) is 64.7 cm³/mol. The first kappa shape index (κ1) is 12.4. The molecule has 1 rings (SSSR count). The molecule has 0 aliphatic rings. The number of para-hydroxylation sites is 1. The third kappa shape index (κ3) is 3.74. The fourth-order valence-corrected chi connectivity index (χ4v) is 1.53. The van der Waals surface area contributed by atoms with Crippen LogP contribution in [0, 0.1) is 0 Å². The van der Waals surface area contributed by atoms with E-state index in [0.717, 1.165) is 12.1 Å². The molecule has 0 amide bonds. The van der Waals surface area contributed by atoms with Gasteiger partial charge in [-0.15, -0.1) is 0 Å². The monoisotopic (exact) mass is 245 g/mol. The van der Waals surface area contributed by atoms with Gasteiger partial charge in [0.2, 0.25) is 0 Å². The standard InChI is InChI=1S/C11H13Cl2NO/c1-14-8-9-4-2-5-10(13)11(9)15-7-3-6-12/h2-6,14H,7-8H2,1H3/b6-3+. The van der Waals surface area contributed by atoms with Gasteiger partial charge in [-0.1, -0.05) is 35.3 Å². The Balaban J connectivity index is 2.81. The van der Waals surface area contributed by atoms with Crippen molar-refractivity contribution >= 4 is 23.2 Å². The maximum Gasteiger partial charge on any atom is 0.142 e. The lowest BCUT2D eigenvalue weighted by atomic mass is 10.2. The summed E-state index contributed by atoms with van der Waals surface area (Å²) in [4.78, 5) is 0. The second-order valence-corrected chi connectivity index (χ2v) is 3.59. The van der Waals surface area contributed by atoms with Crippen LogP contribution in [0.25, 0.3) is 0 Å². The first-order valence-electron chi connectivity index (χ1n) is 4.59. The van der Waals surface area contributed by atoms with E-state index in [9.17, 15) is 0 Å². The van der Waals surface area contributed by atoms with Crippen LogP contribution in [0.15, 0.2) is 29.8 Å². The molecule has 1 N–H and O–H groups in total. The Morgan fingerprint density at radius 3 is 2.93 bits per heavy atom. The molecule has 0 heterocycles. The van der Waals surface area contributed by atoms with Crippen molar-refractivity contribution in [1.29, 1.82) is 0 Å². The number of benzene rings is 1. The Labute approximate surface area is 99.8 Å². The van der Waals surface area contributed by atoms with Gasteiger partial charge in [-0.25, -0.2) is 0 Å². The van der Waals surface area contributed by atoms with E-state index in [2.05, 4.69) is 5.32 Å². The van der Waals surface area contributed by atoms with Crippen molar-refractivity contribution in [3.05, 3.63) is 40.4 Å². The third-order valence-electron chi connectivity index (χ3n) is 1.83. The van der Waals surface area contributed by atoms with Crippen LogP contribution in [-0.4, -0.2) is 13.7 Å². The summed E-state index contributed by atoms with van der Waals surface area (Å²) < 4.78 is 5.52. The van der Waals surface area contributed by atoms with Crippen LogP contribution < -0.4 is 10.1 Å². The predicted octanol–water partition coefficient (Wildman–Crippen LogP) is 3.19. The zero-order valence-corrected chi connectivity index (χ0v) is 9.98. The molecule has 0 aromatic heterocycles. The van der Waals surface area contributed by atoms with E-state index in [0.29, 0.717) is 17.4 Å². The fourth-order valence-electron chi connectivity index (χ4n) is 1.21. The molecule has 0 bridgehead atoms. The number of ether oxygens (including phenoxy) is 1. The van der Waals surface area contributed by atoms with Gasteiger partial charge >= 0.3 is 0 Å². The first-order chi connectivity index (χ1) is 7.29. The van der Waals surface area contributed by atoms with Crippen LogP contribution >= 0.6 is 23.2 Å². The van der Waals surface area contributed by atoms with Gasteiger partial charge in [0.25, 0.3) is 0 Å². The minimum absolute atomic E-state index is 0.421. The molecule has 1 aromatic carbocycles. The Kier molecular flexibility index (Phi) is 5.54. The summed E-state index contributed by atoms with van der Waals surface area (Å²) in [6.07, 6.45) is 1.72. The Morgan fingerprint density at radius 2 is 2.27 bits per heavy atom. The van der Waals surface area contributed by atoms with Gasteiger partial charge in [0.15, 0.2) is 0 Å². The fraction of sp³-hybridized carbons (Fsp3) is 0.273. The number of nitrogens with one attached hydrogen (secondary N) is 1. The highest BCUT2D eigenvalue weighted by Crippen LogP contribution is 2.28. The van der Waals surface area contributed by atoms with Crippen LogP contribution in [0.1, 0.15) is 5.56 Å². The highest BCUT2D eigenvalue weighted by Gasteiger charge is 2.06. The highest BCUT2D eigenvalue weighted by atomic mass is 35.5. The average Bonchev–Trinajstić information content (AvgIpc) is 2.23. The smallest absolute Gasteiger partial charge is 0.142 e. The van der Waals surface area contributed by atoms with E-state index < -0.39 is 0 Å². The lowest BCUT2D eigenvalue weighted by molar-refractivity contribution is 0.358. The van der Waals surface area contributed by atoms with E-state index in [4.69, 9.17) is 27.9 Å². The molecule has 1 aromatic rings. The summed E-state index contributed by atoms with van der Waals surface area (Å²) in [5.74, 6) is 0.711. The van der Waals surface area contributed by atoms with Crippen LogP contribution in [0.5, 0.6) is 5.75 Å². The van der Waals surface area contributed by atoms with Gasteiger partial charge in [-0.05, 0) is 19.2 Å². The number of rotatable bonds is 5. The molecular weight excluding hydrogens is 233 g/mol. The molecule has 0 atom stereocenters. The highest BCUT2D eigenvalue weighted by molar-refractivity contribution is 6.32. The van der Waals surface area contributed by atoms with E-state index in [1.54, 1.807) is 12.1 Å². The summed E-state index contributed by atoms with van der Waals surface area (Å²) in [7, 11) is 1.88. The second kappa shape index (κ2) is 6.72. The average molecular weight is 246 g/mol. The van der Waals surface area contributed by atoms with Gasteiger partial charge in [0, 0.05) is 17.6 Å². The second-order valence-electron chi connectivity index (χ2n) is 2.93. The lowest BCUT2D eigenvalue weighted by Gasteiger charge is -2.11. The molecular formula is C11H13Cl2NO. The van der Waals surface area contributed by atoms with Crippen LogP contribution in [0.2, 0.25) is 5.02 Å². The Hall–Kier alpha value is -0.700. The van der Waals surface area contributed by atoms with Gasteiger partial charge in [0.05, 0.1) is 5.02 Å². The van der Waals surface area contributed by atoms with Crippen molar-refractivity contribution < 1.29 is 4.74 Å². The Morgan fingerprint density at radius 1 is 1.47 bits per heavy atom. The first-order valence-corrected chi connectivity index (χ1v) is 5.41. The number of hydrogen-bond donors (Lipinski definition) is 1. The summed E-state index contributed by atoms with van der Waals surface area (Å²) in [6.45, 7) is 1.14. The minimum Gasteiger partial charge on any atom is -0.488 e. The molecule has 0 aliphatic carbocycles. The maximum atomic E-state index is 6.03. The third-order valence-corrected chi connectivity index (χ3v) is 2.30. The summed E-state index contributed by atoms with van der Waals surface area (Å²) in [5.41, 5.74) is 2.46. The largest absolute Gasteiger partial charge is 0.488 e. The van der Waals surface area contributed by atoms with Crippen molar-refractivity contribution in [3.8, 4) is 5.75 Å². The maximum absolute atomic E-state index is 6.03. The quantitative estimate of drug-likeness (QED) is 0.861. The van der Waals surface area contributed by atoms with E-state index in [-0.39, 0.29) is 0 Å². The topological polar surface area (TPSA) is 21.3 Å². The molecule has 0 saturated carbocycles. The summed E-state index contributed by atoms with van der Waals surface area (Å²) in [6, 6.07) is 5.68. The van der Waals surface area contributed by atoms with Crippen LogP contribution in [-0.2, 0) is 6.54 Å². The molecule has 0 radical (unpaired) electrons. The van der Waals surface area contributed by atoms with Crippen LogP contribution in [0.4, 0.5) is 0 Å². The SMILES string of the molecule is CNCc1cccc(Cl)c1OC/C=C/Cl. The van der Waals surface area contributed by atoms with Crippen molar-refractivity contribution in [2.75, 3.05) is 13.7 Å². The summed E-state index contributed by atoms with van der Waals surface area (Å²) in [5, 5.41) is 3.68. The van der Waals surface area contributed by atoms with Crippen LogP contribution in [0.3, 0.4) is 0 Å². The molecule has 0 unspecified atom stereocenters. The van der Waals surface area contributed by atoms with E-state index >= 15 is 0 Å². The van der Waals surface area contributed by atoms with E-state index in [1.807, 2.05) is 19.2 Å². The van der Waals surface area contributed by atoms with Gasteiger partial charge < -0.3 is 10.1 Å². The van der Waals surface area contributed by atoms with Crippen molar-refractivity contribution in [2.45, 2.75) is 6.54 Å². The molecule has 0 spiro atoms. The molecule has 0 aliphatic heterocycles. The van der Waals surface area contributed by atoms with Crippen molar-refractivity contribution in [2.24, 2.45) is 0 Å². The molecule has 2 nitrogen and oxygen atoms in total.